The van der Waals surface area contributed by atoms with Gasteiger partial charge in [0, 0.05) is 23.9 Å². The van der Waals surface area contributed by atoms with Gasteiger partial charge >= 0.3 is 0 Å². The molecule has 1 aliphatic heterocycles. The molecular weight excluding hydrogens is 423 g/mol. The van der Waals surface area contributed by atoms with Crippen molar-refractivity contribution in [1.82, 2.24) is 0 Å². The number of rotatable bonds is 6. The van der Waals surface area contributed by atoms with Gasteiger partial charge in [-0.25, -0.2) is 4.39 Å². The number of nitrogens with one attached hydrogen (secondary N) is 1. The largest absolute Gasteiger partial charge is 0.497 e. The molecule has 0 aromatic heterocycles. The van der Waals surface area contributed by atoms with Crippen molar-refractivity contribution < 1.29 is 23.5 Å². The van der Waals surface area contributed by atoms with Crippen molar-refractivity contribution in [2.24, 2.45) is 5.92 Å². The molecule has 2 amide bonds. The molecule has 2 atom stereocenters. The molecule has 33 heavy (non-hydrogen) atoms. The number of methoxy groups -OCH3 is 2. The number of anilines is 2. The highest BCUT2D eigenvalue weighted by Gasteiger charge is 2.41. The first-order valence-electron chi connectivity index (χ1n) is 10.7. The van der Waals surface area contributed by atoms with E-state index in [0.29, 0.717) is 34.9 Å². The van der Waals surface area contributed by atoms with Gasteiger partial charge in [-0.2, -0.15) is 0 Å². The summed E-state index contributed by atoms with van der Waals surface area (Å²) in [6.07, 6.45) is 0.600. The maximum absolute atomic E-state index is 13.7. The van der Waals surface area contributed by atoms with Crippen LogP contribution in [0.3, 0.4) is 0 Å². The van der Waals surface area contributed by atoms with Gasteiger partial charge in [0.1, 0.15) is 17.3 Å². The van der Waals surface area contributed by atoms with Crippen LogP contribution in [0.1, 0.15) is 24.4 Å². The minimum Gasteiger partial charge on any atom is -0.497 e. The van der Waals surface area contributed by atoms with Crippen molar-refractivity contribution in [3.63, 3.8) is 0 Å². The highest BCUT2D eigenvalue weighted by atomic mass is 19.1. The van der Waals surface area contributed by atoms with Crippen molar-refractivity contribution in [2.75, 3.05) is 24.4 Å². The summed E-state index contributed by atoms with van der Waals surface area (Å²) in [5.41, 5.74) is 1.94. The van der Waals surface area contributed by atoms with Crippen LogP contribution in [-0.4, -0.2) is 26.0 Å². The van der Waals surface area contributed by atoms with Crippen LogP contribution in [0, 0.1) is 11.7 Å². The van der Waals surface area contributed by atoms with Crippen LogP contribution in [0.15, 0.2) is 72.8 Å². The number of piperidine rings is 1. The highest BCUT2D eigenvalue weighted by molar-refractivity contribution is 6.00. The van der Waals surface area contributed by atoms with Gasteiger partial charge in [-0.1, -0.05) is 18.2 Å². The van der Waals surface area contributed by atoms with Crippen molar-refractivity contribution in [3.05, 3.63) is 84.2 Å². The average Bonchev–Trinajstić information content (AvgIpc) is 2.84. The number of nitrogens with zero attached hydrogens (tertiary/aromatic N) is 1. The molecule has 0 saturated carbocycles. The Morgan fingerprint density at radius 3 is 2.33 bits per heavy atom. The van der Waals surface area contributed by atoms with Crippen LogP contribution in [-0.2, 0) is 9.59 Å². The third-order valence-electron chi connectivity index (χ3n) is 5.83. The maximum Gasteiger partial charge on any atom is 0.229 e. The molecule has 1 aliphatic rings. The molecule has 0 aliphatic carbocycles. The molecule has 1 N–H and O–H groups in total. The number of carbonyl (C=O) groups is 2. The van der Waals surface area contributed by atoms with Crippen LogP contribution in [0.5, 0.6) is 11.5 Å². The van der Waals surface area contributed by atoms with Gasteiger partial charge in [-0.05, 0) is 60.5 Å². The average molecular weight is 448 g/mol. The number of ether oxygens (including phenoxy) is 2. The summed E-state index contributed by atoms with van der Waals surface area (Å²) >= 11 is 0. The second-order valence-electron chi connectivity index (χ2n) is 7.82. The predicted octanol–water partition coefficient (Wildman–Crippen LogP) is 4.97. The van der Waals surface area contributed by atoms with Crippen molar-refractivity contribution in [1.29, 1.82) is 0 Å². The fourth-order valence-corrected chi connectivity index (χ4v) is 4.19. The van der Waals surface area contributed by atoms with E-state index in [-0.39, 0.29) is 24.1 Å². The summed E-state index contributed by atoms with van der Waals surface area (Å²) in [4.78, 5) is 28.1. The first-order valence-corrected chi connectivity index (χ1v) is 10.7. The minimum atomic E-state index is -0.592. The molecule has 1 fully saturated rings. The van der Waals surface area contributed by atoms with E-state index in [1.54, 1.807) is 79.8 Å². The molecular formula is C26H25FN2O4. The summed E-state index contributed by atoms with van der Waals surface area (Å²) in [7, 11) is 3.13. The minimum absolute atomic E-state index is 0.0973. The number of amides is 2. The zero-order chi connectivity index (χ0) is 23.4. The Labute approximate surface area is 191 Å². The zero-order valence-corrected chi connectivity index (χ0v) is 18.5. The Bertz CT molecular complexity index is 1130. The summed E-state index contributed by atoms with van der Waals surface area (Å²) in [5, 5.41) is 2.95. The second kappa shape index (κ2) is 9.73. The number of benzene rings is 3. The third-order valence-corrected chi connectivity index (χ3v) is 5.83. The van der Waals surface area contributed by atoms with E-state index in [0.717, 1.165) is 0 Å². The van der Waals surface area contributed by atoms with E-state index < -0.39 is 12.0 Å². The van der Waals surface area contributed by atoms with E-state index in [4.69, 9.17) is 9.47 Å². The summed E-state index contributed by atoms with van der Waals surface area (Å²) in [6, 6.07) is 19.6. The molecule has 4 rings (SSSR count). The van der Waals surface area contributed by atoms with Crippen LogP contribution >= 0.6 is 0 Å². The molecule has 0 spiro atoms. The molecule has 170 valence electrons. The lowest BCUT2D eigenvalue weighted by molar-refractivity contribution is -0.125. The van der Waals surface area contributed by atoms with Gasteiger partial charge in [0.2, 0.25) is 11.8 Å². The van der Waals surface area contributed by atoms with Gasteiger partial charge in [-0.3, -0.25) is 9.59 Å². The molecule has 6 nitrogen and oxygen atoms in total. The lowest BCUT2D eigenvalue weighted by atomic mass is 9.83. The third kappa shape index (κ3) is 4.82. The van der Waals surface area contributed by atoms with Crippen molar-refractivity contribution >= 4 is 23.2 Å². The van der Waals surface area contributed by atoms with Crippen LogP contribution in [0.4, 0.5) is 15.8 Å². The Kier molecular flexibility index (Phi) is 6.58. The van der Waals surface area contributed by atoms with E-state index in [1.165, 1.54) is 12.1 Å². The Morgan fingerprint density at radius 2 is 1.67 bits per heavy atom. The standard InChI is InChI=1S/C26H25FN2O4/c1-32-21-12-10-20(11-13-21)29-24(30)15-14-23(25(29)17-6-8-18(27)9-7-17)26(31)28-19-4-3-5-22(16-19)33-2/h3-13,16,23,25H,14-15H2,1-2H3,(H,28,31)/t23-,25+/m1/s1. The summed E-state index contributed by atoms with van der Waals surface area (Å²) in [6.45, 7) is 0. The smallest absolute Gasteiger partial charge is 0.229 e. The fourth-order valence-electron chi connectivity index (χ4n) is 4.19. The Hall–Kier alpha value is -3.87. The fraction of sp³-hybridized carbons (Fsp3) is 0.231. The van der Waals surface area contributed by atoms with Gasteiger partial charge in [0.25, 0.3) is 0 Å². The first-order chi connectivity index (χ1) is 16.0. The zero-order valence-electron chi connectivity index (χ0n) is 18.5. The molecule has 0 unspecified atom stereocenters. The van der Waals surface area contributed by atoms with Gasteiger partial charge in [-0.15, -0.1) is 0 Å². The molecule has 0 bridgehead atoms. The number of hydrogen-bond donors (Lipinski definition) is 1. The monoisotopic (exact) mass is 448 g/mol. The molecule has 0 radical (unpaired) electrons. The normalized spacial score (nSPS) is 18.0. The molecule has 7 heteroatoms. The van der Waals surface area contributed by atoms with Crippen LogP contribution in [0.25, 0.3) is 0 Å². The highest BCUT2D eigenvalue weighted by Crippen LogP contribution is 2.41. The van der Waals surface area contributed by atoms with E-state index in [9.17, 15) is 14.0 Å². The molecule has 1 heterocycles. The van der Waals surface area contributed by atoms with Crippen molar-refractivity contribution in [2.45, 2.75) is 18.9 Å². The summed E-state index contributed by atoms with van der Waals surface area (Å²) in [5.74, 6) is 0.0506. The lowest BCUT2D eigenvalue weighted by Crippen LogP contribution is -2.47. The quantitative estimate of drug-likeness (QED) is 0.578. The SMILES string of the molecule is COc1ccc(N2C(=O)CC[C@@H](C(=O)Nc3cccc(OC)c3)[C@@H]2c2ccc(F)cc2)cc1. The van der Waals surface area contributed by atoms with Gasteiger partial charge < -0.3 is 19.7 Å². The number of carbonyl (C=O) groups excluding carboxylic acids is 2. The van der Waals surface area contributed by atoms with Crippen molar-refractivity contribution in [3.8, 4) is 11.5 Å². The van der Waals surface area contributed by atoms with E-state index in [2.05, 4.69) is 5.32 Å². The first kappa shape index (κ1) is 22.3. The molecule has 1 saturated heterocycles. The Balaban J connectivity index is 1.71. The number of hydrogen-bond acceptors (Lipinski definition) is 4. The van der Waals surface area contributed by atoms with Crippen LogP contribution < -0.4 is 19.7 Å². The summed E-state index contributed by atoms with van der Waals surface area (Å²) < 4.78 is 24.1. The van der Waals surface area contributed by atoms with Crippen LogP contribution in [0.2, 0.25) is 0 Å². The van der Waals surface area contributed by atoms with E-state index >= 15 is 0 Å². The second-order valence-corrected chi connectivity index (χ2v) is 7.82. The van der Waals surface area contributed by atoms with Gasteiger partial charge in [0.15, 0.2) is 0 Å². The maximum atomic E-state index is 13.7. The topological polar surface area (TPSA) is 67.9 Å². The Morgan fingerprint density at radius 1 is 0.970 bits per heavy atom. The molecule has 3 aromatic rings. The molecule has 3 aromatic carbocycles. The lowest BCUT2D eigenvalue weighted by Gasteiger charge is -2.41. The van der Waals surface area contributed by atoms with Gasteiger partial charge in [0.05, 0.1) is 26.2 Å². The van der Waals surface area contributed by atoms with E-state index in [1.807, 2.05) is 0 Å². The predicted molar refractivity (Wildman–Crippen MR) is 124 cm³/mol. The number of halogens is 1.